The van der Waals surface area contributed by atoms with Crippen LogP contribution in [0.5, 0.6) is 0 Å². The van der Waals surface area contributed by atoms with E-state index in [2.05, 4.69) is 20.9 Å². The number of carbonyl (C=O) groups is 1. The van der Waals surface area contributed by atoms with Gasteiger partial charge >= 0.3 is 5.97 Å². The van der Waals surface area contributed by atoms with Crippen LogP contribution in [0.2, 0.25) is 0 Å². The Hall–Kier alpha value is -1.95. The smallest absolute Gasteiger partial charge is 0.338 e. The number of methoxy groups -OCH3 is 1. The second-order valence-electron chi connectivity index (χ2n) is 4.19. The quantitative estimate of drug-likeness (QED) is 0.806. The van der Waals surface area contributed by atoms with Gasteiger partial charge in [0.2, 0.25) is 0 Å². The molecule has 5 nitrogen and oxygen atoms in total. The molecule has 0 N–H and O–H groups in total. The normalized spacial score (nSPS) is 10.3. The van der Waals surface area contributed by atoms with E-state index >= 15 is 0 Å². The molecule has 1 heterocycles. The summed E-state index contributed by atoms with van der Waals surface area (Å²) in [6.45, 7) is 2.01. The molecule has 0 fully saturated rings. The molecule has 0 saturated heterocycles. The Labute approximate surface area is 124 Å². The minimum atomic E-state index is -0.422. The third-order valence-electron chi connectivity index (χ3n) is 2.96. The van der Waals surface area contributed by atoms with Gasteiger partial charge in [0.1, 0.15) is 10.3 Å². The zero-order valence-corrected chi connectivity index (χ0v) is 12.7. The van der Waals surface area contributed by atoms with E-state index in [0.29, 0.717) is 21.4 Å². The van der Waals surface area contributed by atoms with Crippen LogP contribution in [0, 0.1) is 6.92 Å². The van der Waals surface area contributed by atoms with Crippen LogP contribution < -0.4 is 5.56 Å². The van der Waals surface area contributed by atoms with Crippen LogP contribution >= 0.6 is 15.9 Å². The fraction of sp³-hybridized carbons (Fsp3) is 0.214. The van der Waals surface area contributed by atoms with Gasteiger partial charge in [-0.1, -0.05) is 18.2 Å². The highest BCUT2D eigenvalue weighted by Crippen LogP contribution is 2.12. The van der Waals surface area contributed by atoms with Gasteiger partial charge in [0.05, 0.1) is 19.2 Å². The summed E-state index contributed by atoms with van der Waals surface area (Å²) >= 11 is 3.17. The summed E-state index contributed by atoms with van der Waals surface area (Å²) in [4.78, 5) is 28.0. The molecule has 0 bridgehead atoms. The second-order valence-corrected chi connectivity index (χ2v) is 5.05. The summed E-state index contributed by atoms with van der Waals surface area (Å²) in [5.74, 6) is 0.159. The highest BCUT2D eigenvalue weighted by molar-refractivity contribution is 9.10. The number of esters is 1. The van der Waals surface area contributed by atoms with E-state index in [1.807, 2.05) is 6.07 Å². The van der Waals surface area contributed by atoms with Gasteiger partial charge in [-0.15, -0.1) is 0 Å². The van der Waals surface area contributed by atoms with E-state index in [9.17, 15) is 9.59 Å². The molecule has 0 atom stereocenters. The first-order valence-electron chi connectivity index (χ1n) is 5.92. The van der Waals surface area contributed by atoms with Crippen molar-refractivity contribution in [3.63, 3.8) is 0 Å². The predicted octanol–water partition coefficient (Wildman–Crippen LogP) is 2.15. The lowest BCUT2D eigenvalue weighted by atomic mass is 10.1. The summed E-state index contributed by atoms with van der Waals surface area (Å²) in [5, 5.41) is 0. The van der Waals surface area contributed by atoms with Crippen LogP contribution in [0.25, 0.3) is 0 Å². The highest BCUT2D eigenvalue weighted by Gasteiger charge is 2.13. The number of halogens is 1. The molecular formula is C14H13BrN2O3. The van der Waals surface area contributed by atoms with Crippen LogP contribution in [0.4, 0.5) is 0 Å². The number of benzene rings is 1. The van der Waals surface area contributed by atoms with E-state index in [-0.39, 0.29) is 12.1 Å². The van der Waals surface area contributed by atoms with Gasteiger partial charge in [0.15, 0.2) is 0 Å². The van der Waals surface area contributed by atoms with Crippen molar-refractivity contribution in [2.24, 2.45) is 0 Å². The topological polar surface area (TPSA) is 61.2 Å². The summed E-state index contributed by atoms with van der Waals surface area (Å²) in [7, 11) is 1.33. The Morgan fingerprint density at radius 3 is 2.80 bits per heavy atom. The van der Waals surface area contributed by atoms with Crippen molar-refractivity contribution in [2.45, 2.75) is 13.5 Å². The Balaban J connectivity index is 2.49. The number of hydrogen-bond acceptors (Lipinski definition) is 4. The van der Waals surface area contributed by atoms with Gasteiger partial charge < -0.3 is 4.74 Å². The van der Waals surface area contributed by atoms with E-state index in [1.165, 1.54) is 17.9 Å². The van der Waals surface area contributed by atoms with E-state index in [4.69, 9.17) is 4.74 Å². The standard InChI is InChI=1S/C14H13BrN2O3/c1-9-16-7-12(15)13(18)17(9)8-10-5-3-4-6-11(10)14(19)20-2/h3-7H,8H2,1-2H3. The molecule has 2 aromatic rings. The maximum Gasteiger partial charge on any atom is 0.338 e. The summed E-state index contributed by atoms with van der Waals surface area (Å²) < 4.78 is 6.64. The van der Waals surface area contributed by atoms with Crippen molar-refractivity contribution in [1.29, 1.82) is 0 Å². The molecule has 6 heteroatoms. The third kappa shape index (κ3) is 2.80. The lowest BCUT2D eigenvalue weighted by Crippen LogP contribution is -2.25. The lowest BCUT2D eigenvalue weighted by molar-refractivity contribution is 0.0599. The molecule has 1 aromatic heterocycles. The fourth-order valence-corrected chi connectivity index (χ4v) is 2.19. The van der Waals surface area contributed by atoms with Gasteiger partial charge in [-0.25, -0.2) is 9.78 Å². The van der Waals surface area contributed by atoms with Crippen molar-refractivity contribution in [1.82, 2.24) is 9.55 Å². The van der Waals surface area contributed by atoms with Crippen LogP contribution in [-0.4, -0.2) is 22.6 Å². The molecule has 0 spiro atoms. The van der Waals surface area contributed by atoms with Crippen molar-refractivity contribution in [3.8, 4) is 0 Å². The number of hydrogen-bond donors (Lipinski definition) is 0. The maximum absolute atomic E-state index is 12.1. The Kier molecular flexibility index (Phi) is 4.34. The van der Waals surface area contributed by atoms with E-state index in [0.717, 1.165) is 0 Å². The fourth-order valence-electron chi connectivity index (χ4n) is 1.87. The van der Waals surface area contributed by atoms with Gasteiger partial charge in [0, 0.05) is 6.20 Å². The average molecular weight is 337 g/mol. The second kappa shape index (κ2) is 6.00. The molecule has 0 amide bonds. The number of aromatic nitrogens is 2. The number of nitrogens with zero attached hydrogens (tertiary/aromatic N) is 2. The number of ether oxygens (including phenoxy) is 1. The summed E-state index contributed by atoms with van der Waals surface area (Å²) in [6, 6.07) is 7.03. The minimum absolute atomic E-state index is 0.183. The van der Waals surface area contributed by atoms with E-state index < -0.39 is 5.97 Å². The predicted molar refractivity (Wildman–Crippen MR) is 77.8 cm³/mol. The first kappa shape index (κ1) is 14.5. The first-order valence-corrected chi connectivity index (χ1v) is 6.72. The van der Waals surface area contributed by atoms with Gasteiger partial charge in [-0.3, -0.25) is 9.36 Å². The molecule has 0 aliphatic heterocycles. The Morgan fingerprint density at radius 1 is 1.40 bits per heavy atom. The zero-order chi connectivity index (χ0) is 14.7. The zero-order valence-electron chi connectivity index (χ0n) is 11.1. The van der Waals surface area contributed by atoms with Gasteiger partial charge in [0.25, 0.3) is 5.56 Å². The van der Waals surface area contributed by atoms with Crippen molar-refractivity contribution in [2.75, 3.05) is 7.11 Å². The minimum Gasteiger partial charge on any atom is -0.465 e. The largest absolute Gasteiger partial charge is 0.465 e. The van der Waals surface area contributed by atoms with E-state index in [1.54, 1.807) is 25.1 Å². The van der Waals surface area contributed by atoms with Crippen molar-refractivity contribution in [3.05, 3.63) is 62.2 Å². The lowest BCUT2D eigenvalue weighted by Gasteiger charge is -2.12. The van der Waals surface area contributed by atoms with Crippen LogP contribution in [0.1, 0.15) is 21.7 Å². The van der Waals surface area contributed by atoms with Crippen molar-refractivity contribution >= 4 is 21.9 Å². The molecule has 2 rings (SSSR count). The molecule has 0 aliphatic rings. The third-order valence-corrected chi connectivity index (χ3v) is 3.50. The monoisotopic (exact) mass is 336 g/mol. The molecule has 0 radical (unpaired) electrons. The first-order chi connectivity index (χ1) is 9.54. The highest BCUT2D eigenvalue weighted by atomic mass is 79.9. The van der Waals surface area contributed by atoms with Gasteiger partial charge in [-0.2, -0.15) is 0 Å². The van der Waals surface area contributed by atoms with Crippen LogP contribution in [0.15, 0.2) is 39.7 Å². The Morgan fingerprint density at radius 2 is 2.10 bits per heavy atom. The molecule has 1 aromatic carbocycles. The molecular weight excluding hydrogens is 324 g/mol. The maximum atomic E-state index is 12.1. The van der Waals surface area contributed by atoms with Crippen molar-refractivity contribution < 1.29 is 9.53 Å². The Bertz CT molecular complexity index is 710. The average Bonchev–Trinajstić information content (AvgIpc) is 2.47. The number of carbonyl (C=O) groups excluding carboxylic acids is 1. The van der Waals surface area contributed by atoms with Crippen LogP contribution in [0.3, 0.4) is 0 Å². The number of aryl methyl sites for hydroxylation is 1. The van der Waals surface area contributed by atoms with Gasteiger partial charge in [-0.05, 0) is 34.5 Å². The molecule has 0 aliphatic carbocycles. The summed E-state index contributed by atoms with van der Waals surface area (Å²) in [6.07, 6.45) is 1.47. The molecule has 104 valence electrons. The molecule has 20 heavy (non-hydrogen) atoms. The SMILES string of the molecule is COC(=O)c1ccccc1Cn1c(C)ncc(Br)c1=O. The molecule has 0 saturated carbocycles. The number of rotatable bonds is 3. The summed E-state index contributed by atoms with van der Waals surface area (Å²) in [5.41, 5.74) is 0.975. The molecule has 0 unspecified atom stereocenters. The van der Waals surface area contributed by atoms with Crippen LogP contribution in [-0.2, 0) is 11.3 Å².